The van der Waals surface area contributed by atoms with Crippen LogP contribution in [-0.4, -0.2) is 86.7 Å². The van der Waals surface area contributed by atoms with Crippen molar-refractivity contribution >= 4 is 56.5 Å². The van der Waals surface area contributed by atoms with Crippen molar-refractivity contribution in [2.45, 2.75) is 94.0 Å². The van der Waals surface area contributed by atoms with Gasteiger partial charge in [0.2, 0.25) is 6.29 Å². The van der Waals surface area contributed by atoms with Gasteiger partial charge in [0.25, 0.3) is 15.7 Å². The lowest BCUT2D eigenvalue weighted by Crippen LogP contribution is -2.47. The molecule has 7 rings (SSSR count). The van der Waals surface area contributed by atoms with E-state index in [1.807, 2.05) is 24.3 Å². The number of esters is 1. The number of rotatable bonds is 13. The van der Waals surface area contributed by atoms with E-state index in [1.54, 1.807) is 36.4 Å². The number of hydrogen-bond donors (Lipinski definition) is 0. The summed E-state index contributed by atoms with van der Waals surface area (Å²) >= 11 is 7.06. The highest BCUT2D eigenvalue weighted by atomic mass is 35.5. The van der Waals surface area contributed by atoms with Gasteiger partial charge in [0, 0.05) is 60.8 Å². The summed E-state index contributed by atoms with van der Waals surface area (Å²) in [5, 5.41) is 0.729. The predicted octanol–water partition coefficient (Wildman–Crippen LogP) is 10.5. The molecule has 64 heavy (non-hydrogen) atoms. The van der Waals surface area contributed by atoms with E-state index in [1.165, 1.54) is 47.0 Å². The van der Waals surface area contributed by atoms with Gasteiger partial charge >= 0.3 is 11.5 Å². The number of carbonyl (C=O) groups excluding carboxylic acids is 2. The van der Waals surface area contributed by atoms with Gasteiger partial charge in [-0.3, -0.25) is 18.8 Å². The summed E-state index contributed by atoms with van der Waals surface area (Å²) in [6.45, 7) is 12.0. The number of nitrogens with zero attached hydrogens (tertiary/aromatic N) is 3. The van der Waals surface area contributed by atoms with Crippen molar-refractivity contribution in [1.29, 1.82) is 0 Å². The van der Waals surface area contributed by atoms with Crippen LogP contribution in [0.1, 0.15) is 79.9 Å². The first-order valence-corrected chi connectivity index (χ1v) is 24.0. The minimum atomic E-state index is -5.65. The fourth-order valence-corrected chi connectivity index (χ4v) is 10.6. The molecule has 342 valence electrons. The number of alkyl halides is 3. The van der Waals surface area contributed by atoms with Crippen molar-refractivity contribution in [3.8, 4) is 5.75 Å². The molecular weight excluding hydrogens is 887 g/mol. The van der Waals surface area contributed by atoms with Gasteiger partial charge in [-0.25, -0.2) is 8.42 Å². The minimum absolute atomic E-state index is 0.00602. The van der Waals surface area contributed by atoms with Crippen LogP contribution in [-0.2, 0) is 30.7 Å². The molecule has 0 N–H and O–H groups in total. The van der Waals surface area contributed by atoms with E-state index < -0.39 is 44.5 Å². The van der Waals surface area contributed by atoms with Gasteiger partial charge < -0.3 is 19.1 Å². The van der Waals surface area contributed by atoms with Crippen molar-refractivity contribution in [3.63, 3.8) is 0 Å². The van der Waals surface area contributed by atoms with E-state index in [4.69, 9.17) is 25.8 Å². The molecule has 2 fully saturated rings. The number of anilines is 1. The second-order valence-electron chi connectivity index (χ2n) is 17.3. The van der Waals surface area contributed by atoms with Gasteiger partial charge in [-0.1, -0.05) is 61.4 Å². The van der Waals surface area contributed by atoms with Gasteiger partial charge in [-0.05, 0) is 139 Å². The molecule has 0 aromatic heterocycles. The molecule has 0 spiro atoms. The number of allylic oxidation sites excluding steroid dienone is 1. The molecule has 16 heteroatoms. The number of benzene rings is 4. The predicted molar refractivity (Wildman–Crippen MR) is 243 cm³/mol. The highest BCUT2D eigenvalue weighted by Crippen LogP contribution is 2.43. The van der Waals surface area contributed by atoms with E-state index >= 15 is 0 Å². The highest BCUT2D eigenvalue weighted by Gasteiger charge is 2.47. The maximum absolute atomic E-state index is 14.3. The molecule has 0 saturated carbocycles. The Morgan fingerprint density at radius 2 is 1.64 bits per heavy atom. The molecule has 2 aliphatic heterocycles. The van der Waals surface area contributed by atoms with E-state index in [0.29, 0.717) is 36.3 Å². The Bertz CT molecular complexity index is 2440. The fraction of sp³-hybridized carbons (Fsp3) is 0.417. The summed E-state index contributed by atoms with van der Waals surface area (Å²) in [5.74, 6) is -0.431. The third-order valence-corrected chi connectivity index (χ3v) is 14.7. The molecule has 2 heterocycles. The first-order chi connectivity index (χ1) is 30.3. The summed E-state index contributed by atoms with van der Waals surface area (Å²) in [6.07, 6.45) is 3.15. The Hall–Kier alpha value is -4.54. The molecule has 1 aliphatic carbocycles. The zero-order valence-electron chi connectivity index (χ0n) is 36.3. The molecule has 4 aromatic rings. The van der Waals surface area contributed by atoms with Crippen LogP contribution in [0, 0.1) is 12.3 Å². The number of aryl methyl sites for hydroxylation is 1. The van der Waals surface area contributed by atoms with Crippen LogP contribution in [0.4, 0.5) is 18.9 Å². The van der Waals surface area contributed by atoms with Crippen LogP contribution < -0.4 is 9.64 Å². The second kappa shape index (κ2) is 19.9. The van der Waals surface area contributed by atoms with Crippen LogP contribution in [0.3, 0.4) is 0 Å². The fourth-order valence-electron chi connectivity index (χ4n) is 8.42. The zero-order chi connectivity index (χ0) is 45.8. The second-order valence-corrected chi connectivity index (χ2v) is 20.8. The lowest BCUT2D eigenvalue weighted by atomic mass is 9.73. The Morgan fingerprint density at radius 1 is 0.953 bits per heavy atom. The average Bonchev–Trinajstić information content (AvgIpc) is 3.25. The Balaban J connectivity index is 1.06. The molecule has 0 radical (unpaired) electrons. The molecule has 3 aliphatic rings. The third-order valence-electron chi connectivity index (χ3n) is 11.9. The van der Waals surface area contributed by atoms with Crippen molar-refractivity contribution < 1.29 is 45.4 Å². The van der Waals surface area contributed by atoms with E-state index in [2.05, 4.69) is 35.8 Å². The number of halogens is 4. The van der Waals surface area contributed by atoms with Crippen molar-refractivity contribution in [1.82, 2.24) is 9.21 Å². The van der Waals surface area contributed by atoms with Gasteiger partial charge in [-0.2, -0.15) is 13.2 Å². The molecule has 0 bridgehead atoms. The van der Waals surface area contributed by atoms with Crippen LogP contribution in [0.15, 0.2) is 106 Å². The monoisotopic (exact) mass is 939 g/mol. The number of piperazine rings is 1. The molecular formula is C48H53ClF3N3O7S2. The molecule has 2 unspecified atom stereocenters. The summed E-state index contributed by atoms with van der Waals surface area (Å²) in [6, 6.07) is 26.0. The highest BCUT2D eigenvalue weighted by molar-refractivity contribution is 7.97. The first kappa shape index (κ1) is 47.4. The topological polar surface area (TPSA) is 106 Å². The molecule has 2 atom stereocenters. The van der Waals surface area contributed by atoms with Crippen LogP contribution in [0.5, 0.6) is 5.75 Å². The first-order valence-electron chi connectivity index (χ1n) is 21.4. The smallest absolute Gasteiger partial charge is 0.461 e. The van der Waals surface area contributed by atoms with Crippen molar-refractivity contribution in [2.75, 3.05) is 44.2 Å². The van der Waals surface area contributed by atoms with E-state index in [-0.39, 0.29) is 22.4 Å². The number of ether oxygens (including phenoxy) is 3. The van der Waals surface area contributed by atoms with Crippen LogP contribution in [0.25, 0.3) is 5.57 Å². The van der Waals surface area contributed by atoms with Crippen molar-refractivity contribution in [2.24, 2.45) is 5.41 Å². The maximum atomic E-state index is 14.3. The summed E-state index contributed by atoms with van der Waals surface area (Å²) in [5.41, 5.74) is 0.778. The van der Waals surface area contributed by atoms with Gasteiger partial charge in [-0.15, -0.1) is 0 Å². The SMILES string of the molecule is CC(=O)OC1CCCOC1Oc1ccc(CN(Sc2ccc(C)c(S(=O)(=O)C(F)(F)F)c2)C(=O)c2ccc(N3CCN(CC4=C(c5ccc(Cl)cc5)CCC(C)(C)C4)CC3)cc2)cc1. The largest absolute Gasteiger partial charge is 0.501 e. The van der Waals surface area contributed by atoms with Gasteiger partial charge in [0.1, 0.15) is 5.75 Å². The quantitative estimate of drug-likeness (QED) is 0.0950. The van der Waals surface area contributed by atoms with Crippen LogP contribution in [0.2, 0.25) is 5.02 Å². The Kier molecular flexibility index (Phi) is 14.8. The maximum Gasteiger partial charge on any atom is 0.501 e. The van der Waals surface area contributed by atoms with E-state index in [0.717, 1.165) is 80.7 Å². The molecule has 1 amide bonds. The van der Waals surface area contributed by atoms with Crippen molar-refractivity contribution in [3.05, 3.63) is 124 Å². The average molecular weight is 941 g/mol. The zero-order valence-corrected chi connectivity index (χ0v) is 38.7. The molecule has 10 nitrogen and oxygen atoms in total. The number of carbonyl (C=O) groups is 2. The normalized spacial score (nSPS) is 19.6. The number of sulfone groups is 1. The Morgan fingerprint density at radius 3 is 2.30 bits per heavy atom. The lowest BCUT2D eigenvalue weighted by molar-refractivity contribution is -0.195. The lowest BCUT2D eigenvalue weighted by Gasteiger charge is -2.39. The van der Waals surface area contributed by atoms with Gasteiger partial charge in [0.05, 0.1) is 18.0 Å². The van der Waals surface area contributed by atoms with E-state index in [9.17, 15) is 31.2 Å². The van der Waals surface area contributed by atoms with Crippen LogP contribution >= 0.6 is 23.5 Å². The standard InChI is InChI=1S/C48H53ClF3N3O7S2/c1-32-7-20-41(28-44(32)64(58,59)48(50,51)52)63-55(30-34-8-18-40(19-9-34)62-46-43(61-33(2)56)6-5-27-60-46)45(57)36-12-16-39(17-13-36)54-25-23-53(24-26-54)31-37-29-47(3,4)22-21-42(37)35-10-14-38(49)15-11-35/h7-20,28,43,46H,5-6,21-27,29-31H2,1-4H3. The minimum Gasteiger partial charge on any atom is -0.461 e. The number of hydrogen-bond acceptors (Lipinski definition) is 10. The summed E-state index contributed by atoms with van der Waals surface area (Å²) in [7, 11) is -5.65. The third kappa shape index (κ3) is 11.6. The molecule has 2 saturated heterocycles. The summed E-state index contributed by atoms with van der Waals surface area (Å²) in [4.78, 5) is 30.0. The summed E-state index contributed by atoms with van der Waals surface area (Å²) < 4.78 is 84.5. The Labute approximate surface area is 382 Å². The molecule has 4 aromatic carbocycles. The number of amides is 1. The van der Waals surface area contributed by atoms with Gasteiger partial charge in [0.15, 0.2) is 6.10 Å².